The third-order valence-electron chi connectivity index (χ3n) is 0.483. The zero-order valence-electron chi connectivity index (χ0n) is 4.81. The molecule has 0 aromatic heterocycles. The fraction of sp³-hybridized carbons (Fsp3) is 1.00. The van der Waals surface area contributed by atoms with Crippen LogP contribution in [0.5, 0.6) is 0 Å². The van der Waals surface area contributed by atoms with Crippen molar-refractivity contribution in [1.29, 1.82) is 0 Å². The van der Waals surface area contributed by atoms with Gasteiger partial charge in [0.25, 0.3) is 0 Å². The van der Waals surface area contributed by atoms with Gasteiger partial charge in [0.05, 0.1) is 6.61 Å². The van der Waals surface area contributed by atoms with E-state index in [2.05, 4.69) is 4.89 Å². The van der Waals surface area contributed by atoms with Crippen molar-refractivity contribution >= 4 is 11.9 Å². The van der Waals surface area contributed by atoms with Gasteiger partial charge in [0.15, 0.2) is 0 Å². The second-order valence-corrected chi connectivity index (χ2v) is 2.23. The molecule has 0 spiro atoms. The Morgan fingerprint density at radius 3 is 2.50 bits per heavy atom. The Morgan fingerprint density at radius 2 is 2.10 bits per heavy atom. The van der Waals surface area contributed by atoms with Crippen LogP contribution in [0.3, 0.4) is 0 Å². The normalized spacial score (nSPS) is 12.0. The quantitative estimate of drug-likeness (QED) is 0.293. The molecule has 2 N–H and O–H groups in total. The van der Waals surface area contributed by atoms with E-state index in [0.717, 1.165) is 0 Å². The predicted molar refractivity (Wildman–Crippen MR) is 30.2 cm³/mol. The van der Waals surface area contributed by atoms with E-state index in [1.165, 1.54) is 0 Å². The molecule has 0 bridgehead atoms. The van der Waals surface area contributed by atoms with Crippen LogP contribution in [-0.4, -0.2) is 23.9 Å². The van der Waals surface area contributed by atoms with Crippen LogP contribution in [-0.2, 0) is 4.89 Å². The Labute approximate surface area is 59.6 Å². The highest BCUT2D eigenvalue weighted by Gasteiger charge is 2.27. The second-order valence-electron chi connectivity index (χ2n) is 1.28. The molecular weight excluding hydrogens is 171 g/mol. The first-order valence-electron chi connectivity index (χ1n) is 2.30. The van der Waals surface area contributed by atoms with Crippen molar-refractivity contribution in [3.63, 3.8) is 0 Å². The summed E-state index contributed by atoms with van der Waals surface area (Å²) in [6, 6.07) is 0. The molecule has 0 unspecified atom stereocenters. The van der Waals surface area contributed by atoms with E-state index in [4.69, 9.17) is 5.26 Å². The summed E-state index contributed by atoms with van der Waals surface area (Å²) in [7, 11) is 0. The maximum atomic E-state index is 11.3. The van der Waals surface area contributed by atoms with Gasteiger partial charge in [-0.05, 0) is 0 Å². The molecule has 62 valence electrons. The minimum atomic E-state index is -4.28. The molecule has 0 aliphatic heterocycles. The molecule has 7 heteroatoms. The summed E-state index contributed by atoms with van der Waals surface area (Å²) in [6.45, 7) is -0.218. The van der Waals surface area contributed by atoms with Crippen molar-refractivity contribution < 1.29 is 23.3 Å². The molecular formula is C3H6F3NO2S. The molecule has 0 heterocycles. The smallest absolute Gasteiger partial charge is 0.254 e. The van der Waals surface area contributed by atoms with Crippen LogP contribution in [0.2, 0.25) is 0 Å². The summed E-state index contributed by atoms with van der Waals surface area (Å²) in [6.07, 6.45) is 0. The Balaban J connectivity index is 3.04. The van der Waals surface area contributed by atoms with Gasteiger partial charge in [0, 0.05) is 18.5 Å². The van der Waals surface area contributed by atoms with Crippen LogP contribution < -0.4 is 4.72 Å². The molecule has 0 radical (unpaired) electrons. The lowest BCUT2D eigenvalue weighted by molar-refractivity contribution is -0.239. The maximum Gasteiger partial charge on any atom is 0.456 e. The molecule has 0 aromatic carbocycles. The van der Waals surface area contributed by atoms with E-state index in [1.807, 2.05) is 4.72 Å². The molecule has 10 heavy (non-hydrogen) atoms. The predicted octanol–water partition coefficient (Wildman–Crippen LogP) is 1.23. The van der Waals surface area contributed by atoms with Crippen molar-refractivity contribution in [3.05, 3.63) is 0 Å². The molecule has 0 atom stereocenters. The summed E-state index contributed by atoms with van der Waals surface area (Å²) in [5, 5.41) is 7.67. The lowest BCUT2D eigenvalue weighted by Crippen LogP contribution is -2.17. The van der Waals surface area contributed by atoms with Gasteiger partial charge in [-0.15, -0.1) is 0 Å². The van der Waals surface area contributed by atoms with Crippen LogP contribution in [0.15, 0.2) is 0 Å². The molecule has 0 saturated carbocycles. The van der Waals surface area contributed by atoms with Crippen molar-refractivity contribution in [3.8, 4) is 0 Å². The van der Waals surface area contributed by atoms with E-state index in [-0.39, 0.29) is 25.1 Å². The van der Waals surface area contributed by atoms with Crippen LogP contribution in [0.4, 0.5) is 13.2 Å². The number of rotatable bonds is 4. The minimum Gasteiger partial charge on any atom is -0.254 e. The average molecular weight is 177 g/mol. The monoisotopic (exact) mass is 177 g/mol. The van der Waals surface area contributed by atoms with Gasteiger partial charge >= 0.3 is 5.51 Å². The molecule has 0 saturated heterocycles. The lowest BCUT2D eigenvalue weighted by Gasteiger charge is -2.04. The van der Waals surface area contributed by atoms with E-state index in [1.54, 1.807) is 0 Å². The van der Waals surface area contributed by atoms with E-state index < -0.39 is 5.51 Å². The van der Waals surface area contributed by atoms with Gasteiger partial charge < -0.3 is 0 Å². The number of halogens is 3. The van der Waals surface area contributed by atoms with Gasteiger partial charge in [-0.1, -0.05) is 0 Å². The summed E-state index contributed by atoms with van der Waals surface area (Å²) >= 11 is -0.368. The number of nitrogens with one attached hydrogen (secondary N) is 1. The lowest BCUT2D eigenvalue weighted by atomic mass is 10.8. The summed E-state index contributed by atoms with van der Waals surface area (Å²) < 4.78 is 35.8. The van der Waals surface area contributed by atoms with Gasteiger partial charge in [-0.25, -0.2) is 4.89 Å². The number of hydrogen-bond acceptors (Lipinski definition) is 4. The third-order valence-corrected chi connectivity index (χ3v) is 1.06. The summed E-state index contributed by atoms with van der Waals surface area (Å²) in [4.78, 5) is 3.51. The third kappa shape index (κ3) is 8.02. The molecule has 3 nitrogen and oxygen atoms in total. The van der Waals surface area contributed by atoms with Crippen molar-refractivity contribution in [2.75, 3.05) is 13.2 Å². The van der Waals surface area contributed by atoms with E-state index in [9.17, 15) is 13.2 Å². The Kier molecular flexibility index (Phi) is 4.79. The van der Waals surface area contributed by atoms with Crippen molar-refractivity contribution in [1.82, 2.24) is 4.72 Å². The largest absolute Gasteiger partial charge is 0.456 e. The highest BCUT2D eigenvalue weighted by molar-refractivity contribution is 7.98. The number of hydrogen-bond donors (Lipinski definition) is 2. The first-order valence-corrected chi connectivity index (χ1v) is 3.12. The van der Waals surface area contributed by atoms with E-state index >= 15 is 0 Å². The topological polar surface area (TPSA) is 41.5 Å². The Bertz CT molecular complexity index is 88.3. The summed E-state index contributed by atoms with van der Waals surface area (Å²) in [5.41, 5.74) is -4.28. The van der Waals surface area contributed by atoms with Crippen LogP contribution in [0, 0.1) is 0 Å². The first kappa shape index (κ1) is 10.0. The minimum absolute atomic E-state index is 0.0549. The Hall–Kier alpha value is 0.0200. The zero-order chi connectivity index (χ0) is 8.04. The van der Waals surface area contributed by atoms with Crippen molar-refractivity contribution in [2.45, 2.75) is 5.51 Å². The average Bonchev–Trinajstić information content (AvgIpc) is 1.78. The molecule has 0 rings (SSSR count). The SMILES string of the molecule is OOCCNSC(F)(F)F. The first-order chi connectivity index (χ1) is 4.56. The van der Waals surface area contributed by atoms with E-state index in [0.29, 0.717) is 0 Å². The fourth-order valence-corrected chi connectivity index (χ4v) is 0.569. The fourth-order valence-electron chi connectivity index (χ4n) is 0.220. The van der Waals surface area contributed by atoms with Gasteiger partial charge in [-0.2, -0.15) is 13.2 Å². The molecule has 0 aromatic rings. The zero-order valence-corrected chi connectivity index (χ0v) is 5.63. The molecule has 0 amide bonds. The molecule has 0 fully saturated rings. The standard InChI is InChI=1S/C3H6F3NO2S/c4-3(5,6)10-7-1-2-9-8/h7-8H,1-2H2. The highest BCUT2D eigenvalue weighted by Crippen LogP contribution is 2.26. The number of alkyl halides is 3. The van der Waals surface area contributed by atoms with Gasteiger partial charge in [-0.3, -0.25) is 9.98 Å². The Morgan fingerprint density at radius 1 is 1.50 bits per heavy atom. The molecule has 0 aliphatic rings. The summed E-state index contributed by atoms with van der Waals surface area (Å²) in [5.74, 6) is 0. The van der Waals surface area contributed by atoms with Crippen LogP contribution in [0.25, 0.3) is 0 Å². The van der Waals surface area contributed by atoms with Gasteiger partial charge in [0.1, 0.15) is 0 Å². The van der Waals surface area contributed by atoms with Crippen LogP contribution in [0.1, 0.15) is 0 Å². The van der Waals surface area contributed by atoms with Gasteiger partial charge in [0.2, 0.25) is 0 Å². The van der Waals surface area contributed by atoms with Crippen molar-refractivity contribution in [2.24, 2.45) is 0 Å². The second kappa shape index (κ2) is 4.78. The molecule has 0 aliphatic carbocycles. The maximum absolute atomic E-state index is 11.3. The highest BCUT2D eigenvalue weighted by atomic mass is 32.2. The van der Waals surface area contributed by atoms with Crippen LogP contribution >= 0.6 is 11.9 Å².